The van der Waals surface area contributed by atoms with Crippen LogP contribution in [0.4, 0.5) is 5.69 Å². The van der Waals surface area contributed by atoms with E-state index in [1.165, 1.54) is 11.1 Å². The van der Waals surface area contributed by atoms with Gasteiger partial charge in [-0.05, 0) is 43.0 Å². The molecule has 1 heterocycles. The number of nitrogens with zero attached hydrogens (tertiary/aromatic N) is 1. The zero-order valence-corrected chi connectivity index (χ0v) is 13.2. The fourth-order valence-electron chi connectivity index (χ4n) is 3.09. The normalized spacial score (nSPS) is 15.6. The van der Waals surface area contributed by atoms with Gasteiger partial charge >= 0.3 is 0 Å². The third-order valence-corrected chi connectivity index (χ3v) is 4.42. The second-order valence-electron chi connectivity index (χ2n) is 5.91. The van der Waals surface area contributed by atoms with E-state index in [1.807, 2.05) is 24.0 Å². The maximum absolute atomic E-state index is 12.0. The lowest BCUT2D eigenvalue weighted by atomic mass is 9.93. The van der Waals surface area contributed by atoms with Crippen molar-refractivity contribution in [2.24, 2.45) is 5.73 Å². The van der Waals surface area contributed by atoms with Gasteiger partial charge in [-0.25, -0.2) is 0 Å². The van der Waals surface area contributed by atoms with E-state index in [1.54, 1.807) is 0 Å². The molecule has 1 aliphatic rings. The summed E-state index contributed by atoms with van der Waals surface area (Å²) >= 11 is 0. The van der Waals surface area contributed by atoms with Gasteiger partial charge in [0.2, 0.25) is 5.91 Å². The van der Waals surface area contributed by atoms with Crippen LogP contribution in [0.5, 0.6) is 0 Å². The van der Waals surface area contributed by atoms with Crippen LogP contribution in [0, 0.1) is 6.92 Å². The summed E-state index contributed by atoms with van der Waals surface area (Å²) in [6.45, 7) is 4.80. The van der Waals surface area contributed by atoms with Crippen molar-refractivity contribution in [3.63, 3.8) is 0 Å². The zero-order chi connectivity index (χ0) is 15.7. The van der Waals surface area contributed by atoms with Crippen LogP contribution in [0.25, 0.3) is 0 Å². The molecule has 2 aromatic rings. The van der Waals surface area contributed by atoms with E-state index in [4.69, 9.17) is 5.73 Å². The molecule has 0 fully saturated rings. The van der Waals surface area contributed by atoms with Gasteiger partial charge in [0, 0.05) is 18.7 Å². The van der Waals surface area contributed by atoms with Gasteiger partial charge in [-0.3, -0.25) is 4.79 Å². The first-order chi connectivity index (χ1) is 10.6. The van der Waals surface area contributed by atoms with Gasteiger partial charge in [-0.15, -0.1) is 0 Å². The van der Waals surface area contributed by atoms with E-state index in [2.05, 4.69) is 37.3 Å². The molecule has 3 rings (SSSR count). The predicted octanol–water partition coefficient (Wildman–Crippen LogP) is 3.34. The van der Waals surface area contributed by atoms with Crippen molar-refractivity contribution in [2.75, 3.05) is 11.4 Å². The molecule has 0 aromatic heterocycles. The van der Waals surface area contributed by atoms with E-state index in [0.717, 1.165) is 29.8 Å². The Morgan fingerprint density at radius 3 is 2.45 bits per heavy atom. The van der Waals surface area contributed by atoms with Gasteiger partial charge < -0.3 is 10.6 Å². The molecule has 0 radical (unpaired) electrons. The predicted molar refractivity (Wildman–Crippen MR) is 90.0 cm³/mol. The van der Waals surface area contributed by atoms with Gasteiger partial charge in [0.1, 0.15) is 0 Å². The zero-order valence-electron chi connectivity index (χ0n) is 13.2. The Balaban J connectivity index is 1.93. The summed E-state index contributed by atoms with van der Waals surface area (Å²) in [5, 5.41) is 0. The Morgan fingerprint density at radius 2 is 1.77 bits per heavy atom. The first kappa shape index (κ1) is 14.8. The molecule has 22 heavy (non-hydrogen) atoms. The summed E-state index contributed by atoms with van der Waals surface area (Å²) < 4.78 is 0. The SMILES string of the molecule is CCN1C(=O)CCc2cc(C(N)c3ccc(C)cc3)ccc21. The van der Waals surface area contributed by atoms with Crippen LogP contribution in [0.2, 0.25) is 0 Å². The van der Waals surface area contributed by atoms with Crippen molar-refractivity contribution in [3.05, 3.63) is 64.7 Å². The summed E-state index contributed by atoms with van der Waals surface area (Å²) in [6, 6.07) is 14.5. The summed E-state index contributed by atoms with van der Waals surface area (Å²) in [5.41, 5.74) is 12.1. The number of rotatable bonds is 3. The molecule has 1 aliphatic heterocycles. The fourth-order valence-corrected chi connectivity index (χ4v) is 3.09. The second-order valence-corrected chi connectivity index (χ2v) is 5.91. The van der Waals surface area contributed by atoms with E-state index in [-0.39, 0.29) is 11.9 Å². The second kappa shape index (κ2) is 5.93. The van der Waals surface area contributed by atoms with Crippen LogP contribution in [0.1, 0.15) is 41.6 Å². The third kappa shape index (κ3) is 2.64. The molecule has 1 unspecified atom stereocenters. The summed E-state index contributed by atoms with van der Waals surface area (Å²) in [5.74, 6) is 0.214. The molecule has 114 valence electrons. The molecular weight excluding hydrogens is 272 g/mol. The van der Waals surface area contributed by atoms with Gasteiger partial charge in [0.05, 0.1) is 6.04 Å². The standard InChI is InChI=1S/C19H22N2O/c1-3-21-17-10-8-16(12-15(17)9-11-18(21)22)19(20)14-6-4-13(2)5-7-14/h4-8,10,12,19H,3,9,11,20H2,1-2H3. The van der Waals surface area contributed by atoms with Crippen LogP contribution < -0.4 is 10.6 Å². The lowest BCUT2D eigenvalue weighted by molar-refractivity contribution is -0.118. The molecule has 0 bridgehead atoms. The van der Waals surface area contributed by atoms with Crippen molar-refractivity contribution in [2.45, 2.75) is 32.7 Å². The minimum Gasteiger partial charge on any atom is -0.320 e. The molecule has 0 saturated carbocycles. The molecule has 1 atom stereocenters. The van der Waals surface area contributed by atoms with Crippen molar-refractivity contribution in [1.29, 1.82) is 0 Å². The number of carbonyl (C=O) groups is 1. The Morgan fingerprint density at radius 1 is 1.09 bits per heavy atom. The summed E-state index contributed by atoms with van der Waals surface area (Å²) in [7, 11) is 0. The van der Waals surface area contributed by atoms with Gasteiger partial charge in [-0.2, -0.15) is 0 Å². The molecule has 1 amide bonds. The van der Waals surface area contributed by atoms with Crippen LogP contribution in [-0.2, 0) is 11.2 Å². The topological polar surface area (TPSA) is 46.3 Å². The Bertz CT molecular complexity index is 691. The van der Waals surface area contributed by atoms with Crippen molar-refractivity contribution in [3.8, 4) is 0 Å². The molecule has 2 N–H and O–H groups in total. The van der Waals surface area contributed by atoms with Crippen LogP contribution in [0.15, 0.2) is 42.5 Å². The first-order valence-corrected chi connectivity index (χ1v) is 7.85. The van der Waals surface area contributed by atoms with Gasteiger partial charge in [0.25, 0.3) is 0 Å². The Hall–Kier alpha value is -2.13. The largest absolute Gasteiger partial charge is 0.320 e. The molecule has 3 nitrogen and oxygen atoms in total. The molecule has 0 saturated heterocycles. The van der Waals surface area contributed by atoms with E-state index >= 15 is 0 Å². The fraction of sp³-hybridized carbons (Fsp3) is 0.316. The molecule has 2 aromatic carbocycles. The monoisotopic (exact) mass is 294 g/mol. The molecule has 3 heteroatoms. The highest BCUT2D eigenvalue weighted by Gasteiger charge is 2.23. The summed E-state index contributed by atoms with van der Waals surface area (Å²) in [6.07, 6.45) is 1.39. The minimum absolute atomic E-state index is 0.126. The average molecular weight is 294 g/mol. The number of anilines is 1. The number of benzene rings is 2. The summed E-state index contributed by atoms with van der Waals surface area (Å²) in [4.78, 5) is 13.8. The number of amides is 1. The Kier molecular flexibility index (Phi) is 3.99. The van der Waals surface area contributed by atoms with E-state index in [9.17, 15) is 4.79 Å². The molecule has 0 spiro atoms. The number of carbonyl (C=O) groups excluding carboxylic acids is 1. The smallest absolute Gasteiger partial charge is 0.227 e. The average Bonchev–Trinajstić information content (AvgIpc) is 2.54. The first-order valence-electron chi connectivity index (χ1n) is 7.85. The highest BCUT2D eigenvalue weighted by Crippen LogP contribution is 2.31. The molecular formula is C19H22N2O. The Labute approximate surface area is 131 Å². The lowest BCUT2D eigenvalue weighted by Crippen LogP contribution is -2.34. The maximum Gasteiger partial charge on any atom is 0.227 e. The number of hydrogen-bond donors (Lipinski definition) is 1. The van der Waals surface area contributed by atoms with Crippen LogP contribution >= 0.6 is 0 Å². The maximum atomic E-state index is 12.0. The van der Waals surface area contributed by atoms with Gasteiger partial charge in [-0.1, -0.05) is 42.0 Å². The third-order valence-electron chi connectivity index (χ3n) is 4.42. The minimum atomic E-state index is -0.126. The van der Waals surface area contributed by atoms with Gasteiger partial charge in [0.15, 0.2) is 0 Å². The van der Waals surface area contributed by atoms with Crippen molar-refractivity contribution < 1.29 is 4.79 Å². The van der Waals surface area contributed by atoms with Crippen LogP contribution in [-0.4, -0.2) is 12.5 Å². The quantitative estimate of drug-likeness (QED) is 0.943. The lowest BCUT2D eigenvalue weighted by Gasteiger charge is -2.29. The number of fused-ring (bicyclic) bond motifs is 1. The van der Waals surface area contributed by atoms with E-state index in [0.29, 0.717) is 6.42 Å². The van der Waals surface area contributed by atoms with Crippen molar-refractivity contribution >= 4 is 11.6 Å². The van der Waals surface area contributed by atoms with E-state index < -0.39 is 0 Å². The number of nitrogens with two attached hydrogens (primary N) is 1. The highest BCUT2D eigenvalue weighted by atomic mass is 16.2. The number of aryl methyl sites for hydroxylation is 2. The number of hydrogen-bond acceptors (Lipinski definition) is 2. The van der Waals surface area contributed by atoms with Crippen molar-refractivity contribution in [1.82, 2.24) is 0 Å². The molecule has 0 aliphatic carbocycles. The highest BCUT2D eigenvalue weighted by molar-refractivity contribution is 5.96. The van der Waals surface area contributed by atoms with Crippen LogP contribution in [0.3, 0.4) is 0 Å².